The first-order valence-electron chi connectivity index (χ1n) is 6.73. The molecular weight excluding hydrogens is 302 g/mol. The van der Waals surface area contributed by atoms with Gasteiger partial charge in [0.25, 0.3) is 0 Å². The lowest BCUT2D eigenvalue weighted by molar-refractivity contribution is 0.126. The number of aliphatic hydroxyl groups excluding tert-OH is 1. The van der Waals surface area contributed by atoms with Crippen molar-refractivity contribution in [1.29, 1.82) is 0 Å². The molecule has 0 aliphatic rings. The quantitative estimate of drug-likeness (QED) is 0.594. The zero-order valence-corrected chi connectivity index (χ0v) is 13.6. The lowest BCUT2D eigenvalue weighted by atomic mass is 10.1. The Morgan fingerprint density at radius 3 is 3.00 bits per heavy atom. The average molecular weight is 321 g/mol. The minimum Gasteiger partial charge on any atom is -0.491 e. The van der Waals surface area contributed by atoms with Crippen molar-refractivity contribution in [3.8, 4) is 5.75 Å². The fourth-order valence-corrected chi connectivity index (χ4v) is 3.55. The second-order valence-corrected chi connectivity index (χ2v) is 6.76. The monoisotopic (exact) mass is 321 g/mol. The summed E-state index contributed by atoms with van der Waals surface area (Å²) in [6.07, 6.45) is 2.09. The van der Waals surface area contributed by atoms with E-state index < -0.39 is 6.10 Å². The van der Waals surface area contributed by atoms with Crippen molar-refractivity contribution in [2.75, 3.05) is 12.4 Å². The number of aryl methyl sites for hydroxylation is 1. The van der Waals surface area contributed by atoms with Gasteiger partial charge in [0, 0.05) is 16.8 Å². The Hall–Kier alpha value is -1.30. The molecule has 0 radical (unpaired) electrons. The third-order valence-corrected chi connectivity index (χ3v) is 5.05. The van der Waals surface area contributed by atoms with Gasteiger partial charge in [-0.05, 0) is 25.0 Å². The van der Waals surface area contributed by atoms with Crippen LogP contribution in [-0.2, 0) is 6.42 Å². The molecule has 0 saturated heterocycles. The van der Waals surface area contributed by atoms with Gasteiger partial charge in [-0.3, -0.25) is 0 Å². The molecule has 1 aromatic heterocycles. The fourth-order valence-electron chi connectivity index (χ4n) is 1.77. The number of hydrogen-bond donors (Lipinski definition) is 1. The van der Waals surface area contributed by atoms with Crippen LogP contribution in [0.3, 0.4) is 0 Å². The highest BCUT2D eigenvalue weighted by atomic mass is 32.2. The van der Waals surface area contributed by atoms with E-state index in [2.05, 4.69) is 11.6 Å². The normalized spacial score (nSPS) is 12.1. The van der Waals surface area contributed by atoms with Crippen LogP contribution in [0.5, 0.6) is 5.75 Å². The molecule has 2 aromatic rings. The Morgan fingerprint density at radius 2 is 2.29 bits per heavy atom. The predicted octanol–water partition coefficient (Wildman–Crippen LogP) is 3.71. The van der Waals surface area contributed by atoms with Gasteiger partial charge >= 0.3 is 0 Å². The van der Waals surface area contributed by atoms with Gasteiger partial charge in [0.2, 0.25) is 0 Å². The van der Waals surface area contributed by atoms with Gasteiger partial charge in [0.15, 0.2) is 0 Å². The minimum atomic E-state index is -0.518. The maximum Gasteiger partial charge on any atom is 0.150 e. The molecule has 112 valence electrons. The van der Waals surface area contributed by atoms with Crippen molar-refractivity contribution in [2.24, 2.45) is 0 Å². The van der Waals surface area contributed by atoms with Crippen molar-refractivity contribution in [1.82, 2.24) is 4.98 Å². The van der Waals surface area contributed by atoms with E-state index in [0.29, 0.717) is 5.75 Å². The lowest BCUT2D eigenvalue weighted by Gasteiger charge is -2.13. The van der Waals surface area contributed by atoms with E-state index in [1.165, 1.54) is 0 Å². The van der Waals surface area contributed by atoms with Gasteiger partial charge in [-0.2, -0.15) is 0 Å². The Bertz CT molecular complexity index is 583. The lowest BCUT2D eigenvalue weighted by Crippen LogP contribution is -2.20. The van der Waals surface area contributed by atoms with Crippen LogP contribution in [0.1, 0.15) is 11.3 Å². The van der Waals surface area contributed by atoms with Gasteiger partial charge in [0.1, 0.15) is 16.7 Å². The summed E-state index contributed by atoms with van der Waals surface area (Å²) in [4.78, 5) is 4.36. The standard InChI is InChI=1S/C16H19NO2S2/c1-3-6-13-7-4-5-8-15(13)19-9-14(18)11-21-16-17-12(2)10-20-16/h3-5,7-8,10,14,18H,1,6,9,11H2,2H3. The average Bonchev–Trinajstić information content (AvgIpc) is 2.90. The third kappa shape index (κ3) is 5.19. The highest BCUT2D eigenvalue weighted by Gasteiger charge is 2.09. The van der Waals surface area contributed by atoms with Crippen molar-refractivity contribution < 1.29 is 9.84 Å². The fraction of sp³-hybridized carbons (Fsp3) is 0.312. The summed E-state index contributed by atoms with van der Waals surface area (Å²) in [5, 5.41) is 12.0. The van der Waals surface area contributed by atoms with Gasteiger partial charge < -0.3 is 9.84 Å². The molecule has 0 aliphatic carbocycles. The maximum absolute atomic E-state index is 10.0. The number of allylic oxidation sites excluding steroid dienone is 1. The molecule has 3 nitrogen and oxygen atoms in total. The molecule has 0 fully saturated rings. The van der Waals surface area contributed by atoms with E-state index in [0.717, 1.165) is 27.8 Å². The second-order valence-electron chi connectivity index (χ2n) is 4.63. The van der Waals surface area contributed by atoms with Crippen molar-refractivity contribution in [3.63, 3.8) is 0 Å². The molecule has 1 N–H and O–H groups in total. The summed E-state index contributed by atoms with van der Waals surface area (Å²) in [7, 11) is 0. The largest absolute Gasteiger partial charge is 0.491 e. The summed E-state index contributed by atoms with van der Waals surface area (Å²) in [5.74, 6) is 1.39. The number of aromatic nitrogens is 1. The smallest absolute Gasteiger partial charge is 0.150 e. The number of thioether (sulfide) groups is 1. The Kier molecular flexibility index (Phi) is 6.29. The first kappa shape index (κ1) is 16.1. The van der Waals surface area contributed by atoms with E-state index in [1.807, 2.05) is 42.6 Å². The topological polar surface area (TPSA) is 42.4 Å². The minimum absolute atomic E-state index is 0.283. The number of nitrogens with zero attached hydrogens (tertiary/aromatic N) is 1. The van der Waals surface area contributed by atoms with Crippen LogP contribution in [0.2, 0.25) is 0 Å². The van der Waals surface area contributed by atoms with Crippen LogP contribution in [-0.4, -0.2) is 28.6 Å². The summed E-state index contributed by atoms with van der Waals surface area (Å²) >= 11 is 3.16. The second kappa shape index (κ2) is 8.22. The molecule has 0 bridgehead atoms. The van der Waals surface area contributed by atoms with Gasteiger partial charge in [-0.15, -0.1) is 17.9 Å². The molecule has 0 aliphatic heterocycles. The number of rotatable bonds is 8. The summed E-state index contributed by atoms with van der Waals surface area (Å²) in [6.45, 7) is 6.00. The summed E-state index contributed by atoms with van der Waals surface area (Å²) in [6, 6.07) is 7.84. The van der Waals surface area contributed by atoms with Crippen molar-refractivity contribution in [3.05, 3.63) is 53.6 Å². The molecule has 1 aromatic carbocycles. The highest BCUT2D eigenvalue weighted by molar-refractivity contribution is 8.01. The number of aliphatic hydroxyl groups is 1. The molecule has 2 rings (SSSR count). The van der Waals surface area contributed by atoms with Gasteiger partial charge in [-0.25, -0.2) is 4.98 Å². The molecule has 1 heterocycles. The molecule has 1 unspecified atom stereocenters. The molecule has 1 atom stereocenters. The van der Waals surface area contributed by atoms with Crippen LogP contribution < -0.4 is 4.74 Å². The molecule has 0 amide bonds. The van der Waals surface area contributed by atoms with E-state index in [1.54, 1.807) is 23.1 Å². The summed E-state index contributed by atoms with van der Waals surface area (Å²) in [5.41, 5.74) is 2.11. The first-order valence-corrected chi connectivity index (χ1v) is 8.60. The number of thiazole rings is 1. The Labute approximate surface area is 133 Å². The Balaban J connectivity index is 1.80. The van der Waals surface area contributed by atoms with Gasteiger partial charge in [-0.1, -0.05) is 36.0 Å². The van der Waals surface area contributed by atoms with Crippen LogP contribution in [0.25, 0.3) is 0 Å². The van der Waals surface area contributed by atoms with Crippen LogP contribution in [0.15, 0.2) is 46.6 Å². The van der Waals surface area contributed by atoms with E-state index >= 15 is 0 Å². The zero-order valence-electron chi connectivity index (χ0n) is 12.0. The van der Waals surface area contributed by atoms with Crippen LogP contribution in [0, 0.1) is 6.92 Å². The zero-order chi connectivity index (χ0) is 15.1. The summed E-state index contributed by atoms with van der Waals surface area (Å²) < 4.78 is 6.70. The highest BCUT2D eigenvalue weighted by Crippen LogP contribution is 2.23. The van der Waals surface area contributed by atoms with Crippen molar-refractivity contribution in [2.45, 2.75) is 23.8 Å². The SMILES string of the molecule is C=CCc1ccccc1OCC(O)CSc1nc(C)cs1. The van der Waals surface area contributed by atoms with Gasteiger partial charge in [0.05, 0.1) is 6.10 Å². The molecule has 0 saturated carbocycles. The van der Waals surface area contributed by atoms with Crippen LogP contribution in [0.4, 0.5) is 0 Å². The predicted molar refractivity (Wildman–Crippen MR) is 89.4 cm³/mol. The molecular formula is C16H19NO2S2. The Morgan fingerprint density at radius 1 is 1.48 bits per heavy atom. The molecule has 5 heteroatoms. The van der Waals surface area contributed by atoms with E-state index in [9.17, 15) is 5.11 Å². The number of para-hydroxylation sites is 1. The van der Waals surface area contributed by atoms with E-state index in [-0.39, 0.29) is 6.61 Å². The number of hydrogen-bond acceptors (Lipinski definition) is 5. The third-order valence-electron chi connectivity index (χ3n) is 2.77. The first-order chi connectivity index (χ1) is 10.2. The number of benzene rings is 1. The molecule has 0 spiro atoms. The van der Waals surface area contributed by atoms with E-state index in [4.69, 9.17) is 4.74 Å². The molecule has 21 heavy (non-hydrogen) atoms. The maximum atomic E-state index is 10.0. The van der Waals surface area contributed by atoms with Crippen LogP contribution >= 0.6 is 23.1 Å². The van der Waals surface area contributed by atoms with Crippen molar-refractivity contribution >= 4 is 23.1 Å². The number of ether oxygens (including phenoxy) is 1.